The molecule has 9 nitrogen and oxygen atoms in total. The van der Waals surface area contributed by atoms with Crippen molar-refractivity contribution in [1.29, 1.82) is 0 Å². The minimum Gasteiger partial charge on any atom is -0.463 e. The Bertz CT molecular complexity index is 1830. The monoisotopic (exact) mass is 691 g/mol. The Morgan fingerprint density at radius 3 is 2.49 bits per heavy atom. The van der Waals surface area contributed by atoms with Gasteiger partial charge in [-0.25, -0.2) is 8.78 Å². The van der Waals surface area contributed by atoms with E-state index in [2.05, 4.69) is 21.0 Å². The van der Waals surface area contributed by atoms with Crippen LogP contribution in [-0.4, -0.2) is 103 Å². The number of aliphatic hydroxyl groups excluding tert-OH is 1. The molecule has 2 bridgehead atoms. The van der Waals surface area contributed by atoms with Crippen molar-refractivity contribution >= 4 is 28.3 Å². The summed E-state index contributed by atoms with van der Waals surface area (Å²) in [4.78, 5) is 14.2. The number of nitrogens with zero attached hydrogens (tertiary/aromatic N) is 4. The van der Waals surface area contributed by atoms with Gasteiger partial charge >= 0.3 is 6.01 Å². The van der Waals surface area contributed by atoms with Crippen LogP contribution in [0.2, 0.25) is 5.02 Å². The molecule has 3 unspecified atom stereocenters. The number of ether oxygens (including phenoxy) is 3. The quantitative estimate of drug-likeness (QED) is 0.354. The van der Waals surface area contributed by atoms with Crippen LogP contribution in [0.25, 0.3) is 10.9 Å². The molecule has 3 aromatic rings. The number of rotatable bonds is 7. The number of terminal acetylenes is 1. The molecule has 4 saturated heterocycles. The summed E-state index contributed by atoms with van der Waals surface area (Å²) in [5.41, 5.74) is 1.44. The zero-order valence-corrected chi connectivity index (χ0v) is 28.0. The minimum absolute atomic E-state index is 0.0402. The van der Waals surface area contributed by atoms with Crippen LogP contribution in [0.5, 0.6) is 6.01 Å². The molecule has 5 fully saturated rings. The summed E-state index contributed by atoms with van der Waals surface area (Å²) in [6.07, 6.45) is 9.85. The molecule has 12 heteroatoms. The van der Waals surface area contributed by atoms with Gasteiger partial charge in [-0.05, 0) is 61.8 Å². The summed E-state index contributed by atoms with van der Waals surface area (Å²) >= 11 is 6.96. The van der Waals surface area contributed by atoms with Crippen molar-refractivity contribution in [1.82, 2.24) is 20.2 Å². The largest absolute Gasteiger partial charge is 0.463 e. The van der Waals surface area contributed by atoms with Gasteiger partial charge in [0, 0.05) is 72.1 Å². The van der Waals surface area contributed by atoms with Crippen molar-refractivity contribution in [2.24, 2.45) is 5.41 Å². The van der Waals surface area contributed by atoms with Gasteiger partial charge in [0.05, 0.1) is 43.7 Å². The van der Waals surface area contributed by atoms with Crippen LogP contribution in [0.3, 0.4) is 0 Å². The first-order valence-electron chi connectivity index (χ1n) is 17.5. The van der Waals surface area contributed by atoms with Gasteiger partial charge in [0.25, 0.3) is 0 Å². The Labute approximate surface area is 289 Å². The molecular formula is C37H40ClF2N5O4. The van der Waals surface area contributed by atoms with E-state index in [0.29, 0.717) is 60.7 Å². The van der Waals surface area contributed by atoms with E-state index < -0.39 is 23.7 Å². The number of likely N-dealkylation sites (tertiary alicyclic amines) is 1. The number of aliphatic hydroxyl groups is 1. The molecule has 6 aliphatic rings. The highest BCUT2D eigenvalue weighted by atomic mass is 35.5. The number of piperazine rings is 1. The van der Waals surface area contributed by atoms with Gasteiger partial charge in [0.15, 0.2) is 5.82 Å². The summed E-state index contributed by atoms with van der Waals surface area (Å²) in [6, 6.07) is 5.38. The van der Waals surface area contributed by atoms with Gasteiger partial charge in [-0.1, -0.05) is 23.6 Å². The molecule has 2 aliphatic carbocycles. The van der Waals surface area contributed by atoms with E-state index in [1.807, 2.05) is 0 Å². The van der Waals surface area contributed by atoms with Crippen LogP contribution in [0.15, 0.2) is 18.2 Å². The average Bonchev–Trinajstić information content (AvgIpc) is 3.60. The van der Waals surface area contributed by atoms with E-state index in [1.54, 1.807) is 12.1 Å². The second-order valence-corrected chi connectivity index (χ2v) is 15.3. The van der Waals surface area contributed by atoms with E-state index in [4.69, 9.17) is 42.2 Å². The Balaban J connectivity index is 1.08. The maximum atomic E-state index is 17.1. The number of nitrogens with one attached hydrogen (secondary N) is 1. The maximum Gasteiger partial charge on any atom is 0.319 e. The molecule has 1 saturated carbocycles. The summed E-state index contributed by atoms with van der Waals surface area (Å²) in [5, 5.41) is 15.2. The molecule has 9 rings (SSSR count). The molecule has 2 N–H and O–H groups in total. The summed E-state index contributed by atoms with van der Waals surface area (Å²) < 4.78 is 50.4. The lowest BCUT2D eigenvalue weighted by atomic mass is 9.75. The molecule has 2 aromatic carbocycles. The first-order valence-corrected chi connectivity index (χ1v) is 17.9. The SMILES string of the molecule is C#Cc1c(F)ccc2c1C(c1c(Cl)cc3c(N4CC5CCC(C4)N5)nc(OCC4(CN5C[C@@H]6OCCO[C@@H]6C5)CC4)nc3c1F)C[C@H](O)C2. The Hall–Kier alpha value is -3.11. The molecule has 4 aliphatic heterocycles. The molecule has 0 radical (unpaired) electrons. The molecule has 5 heterocycles. The zero-order chi connectivity index (χ0) is 33.4. The maximum absolute atomic E-state index is 17.1. The summed E-state index contributed by atoms with van der Waals surface area (Å²) in [7, 11) is 0. The van der Waals surface area contributed by atoms with E-state index in [9.17, 15) is 9.50 Å². The first kappa shape index (κ1) is 31.8. The number of fused-ring (bicyclic) bond motifs is 5. The molecule has 49 heavy (non-hydrogen) atoms. The lowest BCUT2D eigenvalue weighted by molar-refractivity contribution is -0.116. The fourth-order valence-electron chi connectivity index (χ4n) is 9.00. The predicted molar refractivity (Wildman–Crippen MR) is 180 cm³/mol. The number of hydrogen-bond acceptors (Lipinski definition) is 9. The highest BCUT2D eigenvalue weighted by molar-refractivity contribution is 6.32. The molecule has 1 aromatic heterocycles. The molecular weight excluding hydrogens is 652 g/mol. The lowest BCUT2D eigenvalue weighted by Gasteiger charge is -2.35. The van der Waals surface area contributed by atoms with E-state index >= 15 is 4.39 Å². The Kier molecular flexibility index (Phi) is 7.98. The third kappa shape index (κ3) is 5.75. The topological polar surface area (TPSA) is 92.2 Å². The molecule has 258 valence electrons. The predicted octanol–water partition coefficient (Wildman–Crippen LogP) is 4.18. The van der Waals surface area contributed by atoms with Crippen molar-refractivity contribution in [3.05, 3.63) is 57.1 Å². The molecule has 6 atom stereocenters. The van der Waals surface area contributed by atoms with Gasteiger partial charge in [0.1, 0.15) is 17.2 Å². The van der Waals surface area contributed by atoms with Crippen molar-refractivity contribution in [2.75, 3.05) is 57.4 Å². The van der Waals surface area contributed by atoms with Crippen molar-refractivity contribution in [3.63, 3.8) is 0 Å². The highest BCUT2D eigenvalue weighted by Gasteiger charge is 2.48. The van der Waals surface area contributed by atoms with Crippen molar-refractivity contribution < 1.29 is 28.1 Å². The second kappa shape index (κ2) is 12.3. The third-order valence-corrected chi connectivity index (χ3v) is 11.9. The minimum atomic E-state index is -0.775. The van der Waals surface area contributed by atoms with Crippen LogP contribution in [-0.2, 0) is 15.9 Å². The van der Waals surface area contributed by atoms with Gasteiger partial charge in [0.2, 0.25) is 0 Å². The van der Waals surface area contributed by atoms with Crippen LogP contribution in [0.1, 0.15) is 60.3 Å². The molecule has 0 spiro atoms. The first-order chi connectivity index (χ1) is 23.8. The highest BCUT2D eigenvalue weighted by Crippen LogP contribution is 2.48. The number of halogens is 3. The van der Waals surface area contributed by atoms with E-state index in [0.717, 1.165) is 58.4 Å². The van der Waals surface area contributed by atoms with Crippen LogP contribution in [0, 0.1) is 29.4 Å². The van der Waals surface area contributed by atoms with Gasteiger partial charge in [-0.2, -0.15) is 9.97 Å². The fourth-order valence-corrected chi connectivity index (χ4v) is 9.33. The Morgan fingerprint density at radius 2 is 1.80 bits per heavy atom. The van der Waals surface area contributed by atoms with Crippen LogP contribution in [0.4, 0.5) is 14.6 Å². The van der Waals surface area contributed by atoms with Crippen molar-refractivity contribution in [2.45, 2.75) is 74.8 Å². The zero-order valence-electron chi connectivity index (χ0n) is 27.3. The third-order valence-electron chi connectivity index (χ3n) is 11.5. The van der Waals surface area contributed by atoms with Gasteiger partial charge in [-0.3, -0.25) is 4.90 Å². The van der Waals surface area contributed by atoms with E-state index in [1.165, 1.54) is 6.07 Å². The average molecular weight is 692 g/mol. The second-order valence-electron chi connectivity index (χ2n) is 14.9. The summed E-state index contributed by atoms with van der Waals surface area (Å²) in [6.45, 7) is 5.68. The van der Waals surface area contributed by atoms with Crippen LogP contribution >= 0.6 is 11.6 Å². The summed E-state index contributed by atoms with van der Waals surface area (Å²) in [5.74, 6) is 1.11. The number of benzene rings is 2. The standard InChI is InChI=1S/C37H40ClF2N5O4/c1-2-24-28(39)6-3-20-11-23(46)12-25(31(20)24)32-27(38)13-26-34(33(32)40)42-36(43-35(26)45-14-21-4-5-22(15-45)41-21)49-19-37(7-8-37)18-44-16-29-30(17-44)48-10-9-47-29/h1,3,6,13,21-23,25,29-30,41,46H,4-5,7-12,14-19H2/t21?,22?,23-,25?,29-,30+/m1/s1. The smallest absolute Gasteiger partial charge is 0.319 e. The number of aromatic nitrogens is 2. The Morgan fingerprint density at radius 1 is 1.06 bits per heavy atom. The van der Waals surface area contributed by atoms with Crippen molar-refractivity contribution in [3.8, 4) is 18.4 Å². The number of anilines is 1. The van der Waals surface area contributed by atoms with Gasteiger partial charge < -0.3 is 29.5 Å². The molecule has 0 amide bonds. The van der Waals surface area contributed by atoms with Crippen LogP contribution < -0.4 is 15.0 Å². The number of hydrogen-bond donors (Lipinski definition) is 2. The van der Waals surface area contributed by atoms with Gasteiger partial charge in [-0.15, -0.1) is 6.42 Å². The van der Waals surface area contributed by atoms with E-state index in [-0.39, 0.29) is 51.7 Å². The fraction of sp³-hybridized carbons (Fsp3) is 0.568. The normalized spacial score (nSPS) is 30.2. The lowest BCUT2D eigenvalue weighted by Crippen LogP contribution is -2.51.